The Morgan fingerprint density at radius 1 is 1.36 bits per heavy atom. The Morgan fingerprint density at radius 2 is 2.00 bits per heavy atom. The van der Waals surface area contributed by atoms with Crippen molar-refractivity contribution in [2.24, 2.45) is 0 Å². The Morgan fingerprint density at radius 3 is 2.50 bits per heavy atom. The topological polar surface area (TPSA) is 14.2 Å². The third-order valence-corrected chi connectivity index (χ3v) is 2.09. The van der Waals surface area contributed by atoms with E-state index in [-0.39, 0.29) is 5.60 Å². The molecule has 0 spiro atoms. The van der Waals surface area contributed by atoms with Crippen LogP contribution in [0.15, 0.2) is 18.3 Å². The smallest absolute Gasteiger partial charge is 0.123 e. The highest BCUT2D eigenvalue weighted by Gasteiger charge is 2.11. The summed E-state index contributed by atoms with van der Waals surface area (Å²) in [7, 11) is 0. The van der Waals surface area contributed by atoms with E-state index in [1.165, 1.54) is 5.69 Å². The molecule has 0 atom stereocenters. The Labute approximate surface area is 86.9 Å². The minimum Gasteiger partial charge on any atom is -0.355 e. The quantitative estimate of drug-likeness (QED) is 0.721. The van der Waals surface area contributed by atoms with Crippen LogP contribution in [0.4, 0.5) is 0 Å². The second-order valence-corrected chi connectivity index (χ2v) is 4.94. The molecule has 0 aromatic carbocycles. The Balaban J connectivity index is 2.63. The van der Waals surface area contributed by atoms with Crippen molar-refractivity contribution >= 4 is 0 Å². The van der Waals surface area contributed by atoms with E-state index in [0.717, 1.165) is 0 Å². The number of hydrogen-bond donors (Lipinski definition) is 0. The van der Waals surface area contributed by atoms with Gasteiger partial charge in [0.2, 0.25) is 0 Å². The molecule has 2 nitrogen and oxygen atoms in total. The summed E-state index contributed by atoms with van der Waals surface area (Å²) in [5.74, 6) is 0.550. The molecule has 2 heteroatoms. The second kappa shape index (κ2) is 4.18. The van der Waals surface area contributed by atoms with E-state index < -0.39 is 0 Å². The fourth-order valence-electron chi connectivity index (χ4n) is 1.33. The first-order valence-corrected chi connectivity index (χ1v) is 5.19. The van der Waals surface area contributed by atoms with Gasteiger partial charge in [-0.05, 0) is 38.8 Å². The summed E-state index contributed by atoms with van der Waals surface area (Å²) in [6.07, 6.45) is 2.07. The summed E-state index contributed by atoms with van der Waals surface area (Å²) in [5, 5.41) is 0. The molecule has 0 unspecified atom stereocenters. The van der Waals surface area contributed by atoms with Crippen LogP contribution in [0, 0.1) is 0 Å². The minimum absolute atomic E-state index is 0.0709. The molecule has 0 radical (unpaired) electrons. The van der Waals surface area contributed by atoms with E-state index in [4.69, 9.17) is 4.74 Å². The van der Waals surface area contributed by atoms with Crippen LogP contribution in [0.3, 0.4) is 0 Å². The first kappa shape index (κ1) is 11.3. The van der Waals surface area contributed by atoms with Gasteiger partial charge in [-0.1, -0.05) is 13.8 Å². The number of nitrogens with zero attached hydrogens (tertiary/aromatic N) is 1. The average molecular weight is 195 g/mol. The molecular formula is C12H21NO. The van der Waals surface area contributed by atoms with E-state index in [1.807, 2.05) is 0 Å². The zero-order valence-electron chi connectivity index (χ0n) is 9.87. The van der Waals surface area contributed by atoms with Gasteiger partial charge in [0.15, 0.2) is 0 Å². The van der Waals surface area contributed by atoms with Crippen molar-refractivity contribution in [2.45, 2.75) is 52.9 Å². The molecule has 0 saturated carbocycles. The van der Waals surface area contributed by atoms with Gasteiger partial charge in [-0.3, -0.25) is 0 Å². The predicted octanol–water partition coefficient (Wildman–Crippen LogP) is 3.38. The highest BCUT2D eigenvalue weighted by molar-refractivity contribution is 5.10. The number of rotatable bonds is 3. The molecule has 1 rings (SSSR count). The van der Waals surface area contributed by atoms with Crippen molar-refractivity contribution in [2.75, 3.05) is 0 Å². The normalized spacial score (nSPS) is 12.4. The highest BCUT2D eigenvalue weighted by Crippen LogP contribution is 2.16. The van der Waals surface area contributed by atoms with Gasteiger partial charge in [-0.15, -0.1) is 0 Å². The zero-order chi connectivity index (χ0) is 10.8. The van der Waals surface area contributed by atoms with Crippen molar-refractivity contribution in [1.29, 1.82) is 0 Å². The number of hydrogen-bond acceptors (Lipinski definition) is 1. The Bertz CT molecular complexity index is 281. The average Bonchev–Trinajstić information content (AvgIpc) is 2.46. The van der Waals surface area contributed by atoms with Gasteiger partial charge in [0.05, 0.1) is 5.60 Å². The first-order chi connectivity index (χ1) is 6.40. The fourth-order valence-corrected chi connectivity index (χ4v) is 1.33. The van der Waals surface area contributed by atoms with E-state index in [0.29, 0.717) is 12.6 Å². The van der Waals surface area contributed by atoms with Crippen molar-refractivity contribution in [3.63, 3.8) is 0 Å². The largest absolute Gasteiger partial charge is 0.355 e. The molecule has 0 aliphatic carbocycles. The maximum atomic E-state index is 5.73. The lowest BCUT2D eigenvalue weighted by Gasteiger charge is -2.21. The molecule has 0 N–H and O–H groups in total. The van der Waals surface area contributed by atoms with Gasteiger partial charge in [-0.2, -0.15) is 0 Å². The summed E-state index contributed by atoms with van der Waals surface area (Å²) in [4.78, 5) is 0. The molecule has 1 aromatic rings. The second-order valence-electron chi connectivity index (χ2n) is 4.94. The van der Waals surface area contributed by atoms with Gasteiger partial charge in [0.25, 0.3) is 0 Å². The molecule has 0 aliphatic heterocycles. The van der Waals surface area contributed by atoms with Crippen LogP contribution in [0.1, 0.15) is 46.2 Å². The molecule has 1 aromatic heterocycles. The molecule has 0 amide bonds. The lowest BCUT2D eigenvalue weighted by atomic mass is 10.1. The van der Waals surface area contributed by atoms with Crippen LogP contribution in [-0.4, -0.2) is 10.2 Å². The van der Waals surface area contributed by atoms with Gasteiger partial charge in [0, 0.05) is 11.9 Å². The molecule has 0 fully saturated rings. The number of ether oxygens (including phenoxy) is 1. The van der Waals surface area contributed by atoms with Crippen molar-refractivity contribution in [3.8, 4) is 0 Å². The van der Waals surface area contributed by atoms with E-state index in [2.05, 4.69) is 57.5 Å². The van der Waals surface area contributed by atoms with E-state index in [9.17, 15) is 0 Å². The summed E-state index contributed by atoms with van der Waals surface area (Å²) in [6.45, 7) is 11.3. The lowest BCUT2D eigenvalue weighted by Crippen LogP contribution is -2.21. The summed E-state index contributed by atoms with van der Waals surface area (Å²) in [6, 6.07) is 4.22. The summed E-state index contributed by atoms with van der Waals surface area (Å²) < 4.78 is 7.89. The van der Waals surface area contributed by atoms with Gasteiger partial charge < -0.3 is 9.30 Å². The Hall–Kier alpha value is -0.760. The molecular weight excluding hydrogens is 174 g/mol. The van der Waals surface area contributed by atoms with Crippen LogP contribution in [-0.2, 0) is 11.5 Å². The van der Waals surface area contributed by atoms with E-state index in [1.54, 1.807) is 0 Å². The van der Waals surface area contributed by atoms with Crippen molar-refractivity contribution in [3.05, 3.63) is 24.0 Å². The number of aromatic nitrogens is 1. The Kier molecular flexibility index (Phi) is 3.38. The summed E-state index contributed by atoms with van der Waals surface area (Å²) in [5.41, 5.74) is 1.26. The molecule has 1 heterocycles. The van der Waals surface area contributed by atoms with Gasteiger partial charge in [-0.25, -0.2) is 0 Å². The van der Waals surface area contributed by atoms with Crippen LogP contribution >= 0.6 is 0 Å². The molecule has 80 valence electrons. The monoisotopic (exact) mass is 195 g/mol. The van der Waals surface area contributed by atoms with Crippen molar-refractivity contribution < 1.29 is 4.74 Å². The minimum atomic E-state index is -0.0709. The molecule has 0 bridgehead atoms. The maximum absolute atomic E-state index is 5.73. The predicted molar refractivity (Wildman–Crippen MR) is 59.4 cm³/mol. The SMILES string of the molecule is CC(C)c1cccn1COC(C)(C)C. The van der Waals surface area contributed by atoms with Gasteiger partial charge in [0.1, 0.15) is 6.73 Å². The van der Waals surface area contributed by atoms with Gasteiger partial charge >= 0.3 is 0 Å². The van der Waals surface area contributed by atoms with Crippen LogP contribution in [0.5, 0.6) is 0 Å². The maximum Gasteiger partial charge on any atom is 0.123 e. The summed E-state index contributed by atoms with van der Waals surface area (Å²) >= 11 is 0. The molecule has 14 heavy (non-hydrogen) atoms. The fraction of sp³-hybridized carbons (Fsp3) is 0.667. The molecule has 0 aliphatic rings. The van der Waals surface area contributed by atoms with Crippen LogP contribution in [0.2, 0.25) is 0 Å². The lowest BCUT2D eigenvalue weighted by molar-refractivity contribution is -0.0442. The third kappa shape index (κ3) is 3.18. The standard InChI is InChI=1S/C12H21NO/c1-10(2)11-7-6-8-13(11)9-14-12(3,4)5/h6-8,10H,9H2,1-5H3. The third-order valence-electron chi connectivity index (χ3n) is 2.09. The zero-order valence-corrected chi connectivity index (χ0v) is 9.87. The van der Waals surface area contributed by atoms with Crippen molar-refractivity contribution in [1.82, 2.24) is 4.57 Å². The molecule has 0 saturated heterocycles. The highest BCUT2D eigenvalue weighted by atomic mass is 16.5. The first-order valence-electron chi connectivity index (χ1n) is 5.19. The van der Waals surface area contributed by atoms with Crippen LogP contribution in [0.25, 0.3) is 0 Å². The van der Waals surface area contributed by atoms with E-state index >= 15 is 0 Å². The van der Waals surface area contributed by atoms with Crippen LogP contribution < -0.4 is 0 Å².